The van der Waals surface area contributed by atoms with Gasteiger partial charge in [0, 0.05) is 18.3 Å². The Bertz CT molecular complexity index is 633. The van der Waals surface area contributed by atoms with E-state index in [9.17, 15) is 4.79 Å². The van der Waals surface area contributed by atoms with Gasteiger partial charge in [-0.1, -0.05) is 30.6 Å². The molecule has 0 saturated heterocycles. The van der Waals surface area contributed by atoms with Crippen LogP contribution in [0.1, 0.15) is 48.7 Å². The van der Waals surface area contributed by atoms with Gasteiger partial charge >= 0.3 is 0 Å². The Hall–Kier alpha value is -1.54. The Morgan fingerprint density at radius 3 is 2.82 bits per heavy atom. The van der Waals surface area contributed by atoms with E-state index in [2.05, 4.69) is 25.8 Å². The number of carbonyl (C=O) groups is 1. The van der Waals surface area contributed by atoms with Crippen LogP contribution in [0.2, 0.25) is 0 Å². The van der Waals surface area contributed by atoms with Crippen LogP contribution in [-0.4, -0.2) is 28.1 Å². The maximum Gasteiger partial charge on any atom is 0.232 e. The third-order valence-corrected chi connectivity index (χ3v) is 5.66. The number of hydrogen-bond acceptors (Lipinski definition) is 7. The first-order valence-electron chi connectivity index (χ1n) is 7.50. The largest absolute Gasteiger partial charge is 0.365 e. The van der Waals surface area contributed by atoms with E-state index in [1.165, 1.54) is 54.8 Å². The first-order chi connectivity index (χ1) is 10.7. The molecule has 1 amide bonds. The zero-order valence-electron chi connectivity index (χ0n) is 12.5. The van der Waals surface area contributed by atoms with Crippen LogP contribution < -0.4 is 10.6 Å². The predicted octanol–water partition coefficient (Wildman–Crippen LogP) is 3.27. The molecule has 2 aromatic heterocycles. The molecule has 1 aliphatic carbocycles. The second-order valence-corrected chi connectivity index (χ2v) is 7.27. The second-order valence-electron chi connectivity index (χ2n) is 5.40. The van der Waals surface area contributed by atoms with Gasteiger partial charge in [-0.05, 0) is 12.8 Å². The normalized spacial score (nSPS) is 15.7. The van der Waals surface area contributed by atoms with Crippen molar-refractivity contribution in [2.24, 2.45) is 0 Å². The van der Waals surface area contributed by atoms with Crippen molar-refractivity contribution in [2.45, 2.75) is 44.4 Å². The molecule has 0 spiro atoms. The number of nitrogens with one attached hydrogen (secondary N) is 2. The van der Waals surface area contributed by atoms with Gasteiger partial charge in [0.2, 0.25) is 11.0 Å². The molecule has 0 aromatic carbocycles. The topological polar surface area (TPSA) is 79.8 Å². The van der Waals surface area contributed by atoms with Crippen molar-refractivity contribution < 1.29 is 4.79 Å². The van der Waals surface area contributed by atoms with Crippen LogP contribution >= 0.6 is 22.7 Å². The Morgan fingerprint density at radius 2 is 2.09 bits per heavy atom. The van der Waals surface area contributed by atoms with E-state index >= 15 is 0 Å². The summed E-state index contributed by atoms with van der Waals surface area (Å²) in [6.45, 7) is 0. The molecule has 2 aromatic rings. The molecule has 22 heavy (non-hydrogen) atoms. The summed E-state index contributed by atoms with van der Waals surface area (Å²) in [6, 6.07) is 0. The van der Waals surface area contributed by atoms with E-state index in [4.69, 9.17) is 0 Å². The van der Waals surface area contributed by atoms with Crippen molar-refractivity contribution in [3.05, 3.63) is 16.1 Å². The van der Waals surface area contributed by atoms with Crippen molar-refractivity contribution in [1.29, 1.82) is 0 Å². The number of anilines is 2. The zero-order valence-corrected chi connectivity index (χ0v) is 14.1. The van der Waals surface area contributed by atoms with Gasteiger partial charge in [-0.25, -0.2) is 4.98 Å². The van der Waals surface area contributed by atoms with Crippen LogP contribution in [0.25, 0.3) is 0 Å². The molecule has 6 nitrogen and oxygen atoms in total. The fraction of sp³-hybridized carbons (Fsp3) is 0.571. The molecule has 1 fully saturated rings. The molecule has 8 heteroatoms. The molecule has 3 rings (SSSR count). The first-order valence-corrected chi connectivity index (χ1v) is 9.19. The lowest BCUT2D eigenvalue weighted by Gasteiger charge is -2.18. The smallest absolute Gasteiger partial charge is 0.232 e. The van der Waals surface area contributed by atoms with Gasteiger partial charge in [-0.3, -0.25) is 4.79 Å². The van der Waals surface area contributed by atoms with E-state index in [1.807, 2.05) is 12.4 Å². The zero-order chi connectivity index (χ0) is 15.4. The van der Waals surface area contributed by atoms with Crippen molar-refractivity contribution in [3.8, 4) is 0 Å². The number of rotatable bonds is 5. The van der Waals surface area contributed by atoms with E-state index in [-0.39, 0.29) is 12.3 Å². The fourth-order valence-corrected chi connectivity index (χ4v) is 4.23. The lowest BCUT2D eigenvalue weighted by Crippen LogP contribution is -2.14. The van der Waals surface area contributed by atoms with Gasteiger partial charge < -0.3 is 10.6 Å². The molecular weight excluding hydrogens is 318 g/mol. The Kier molecular flexibility index (Phi) is 4.99. The molecule has 2 N–H and O–H groups in total. The molecule has 1 aliphatic rings. The molecule has 0 bridgehead atoms. The van der Waals surface area contributed by atoms with Crippen LogP contribution in [0.15, 0.2) is 5.38 Å². The first kappa shape index (κ1) is 15.4. The number of nitrogens with zero attached hydrogens (tertiary/aromatic N) is 3. The van der Waals surface area contributed by atoms with E-state index in [1.54, 1.807) is 0 Å². The van der Waals surface area contributed by atoms with Crippen molar-refractivity contribution in [1.82, 2.24) is 15.2 Å². The molecular formula is C14H19N5OS2. The summed E-state index contributed by atoms with van der Waals surface area (Å²) in [5.74, 6) is 0.424. The van der Waals surface area contributed by atoms with E-state index in [0.717, 1.165) is 15.8 Å². The highest BCUT2D eigenvalue weighted by atomic mass is 32.1. The maximum absolute atomic E-state index is 12.0. The van der Waals surface area contributed by atoms with Crippen LogP contribution in [0.3, 0.4) is 0 Å². The third-order valence-electron chi connectivity index (χ3n) is 3.75. The highest BCUT2D eigenvalue weighted by molar-refractivity contribution is 7.15. The van der Waals surface area contributed by atoms with Gasteiger partial charge in [-0.2, -0.15) is 0 Å². The summed E-state index contributed by atoms with van der Waals surface area (Å²) in [5, 5.41) is 18.5. The summed E-state index contributed by atoms with van der Waals surface area (Å²) in [4.78, 5) is 16.3. The standard InChI is InChI=1S/C14H19N5OS2/c1-15-13-16-10(8-21-13)7-11(20)17-14-19-18-12(22-14)9-5-3-2-4-6-9/h8-9H,2-7H2,1H3,(H,15,16)(H,17,19,20). The van der Waals surface area contributed by atoms with E-state index < -0.39 is 0 Å². The Morgan fingerprint density at radius 1 is 1.27 bits per heavy atom. The third kappa shape index (κ3) is 3.80. The fourth-order valence-electron chi connectivity index (χ4n) is 2.63. The van der Waals surface area contributed by atoms with E-state index in [0.29, 0.717) is 11.0 Å². The van der Waals surface area contributed by atoms with Gasteiger partial charge in [0.05, 0.1) is 12.1 Å². The van der Waals surface area contributed by atoms with Crippen LogP contribution in [0.4, 0.5) is 10.3 Å². The number of amides is 1. The Labute approximate surface area is 137 Å². The summed E-state index contributed by atoms with van der Waals surface area (Å²) in [6.07, 6.45) is 6.49. The van der Waals surface area contributed by atoms with Gasteiger partial charge in [0.15, 0.2) is 5.13 Å². The summed E-state index contributed by atoms with van der Waals surface area (Å²) >= 11 is 3.00. The number of carbonyl (C=O) groups excluding carboxylic acids is 1. The van der Waals surface area contributed by atoms with Crippen molar-refractivity contribution in [2.75, 3.05) is 17.7 Å². The monoisotopic (exact) mass is 337 g/mol. The van der Waals surface area contributed by atoms with Gasteiger partial charge in [0.25, 0.3) is 0 Å². The number of thiazole rings is 1. The van der Waals surface area contributed by atoms with Crippen molar-refractivity contribution >= 4 is 38.8 Å². The van der Waals surface area contributed by atoms with Crippen LogP contribution in [0, 0.1) is 0 Å². The quantitative estimate of drug-likeness (QED) is 0.875. The van der Waals surface area contributed by atoms with Crippen LogP contribution in [0.5, 0.6) is 0 Å². The number of aromatic nitrogens is 3. The molecule has 0 aliphatic heterocycles. The highest BCUT2D eigenvalue weighted by Crippen LogP contribution is 2.35. The molecule has 2 heterocycles. The average molecular weight is 337 g/mol. The van der Waals surface area contributed by atoms with Gasteiger partial charge in [-0.15, -0.1) is 21.5 Å². The molecule has 1 saturated carbocycles. The molecule has 118 valence electrons. The maximum atomic E-state index is 12.0. The minimum absolute atomic E-state index is 0.0979. The Balaban J connectivity index is 1.56. The summed E-state index contributed by atoms with van der Waals surface area (Å²) in [7, 11) is 1.82. The second kappa shape index (κ2) is 7.15. The molecule has 0 radical (unpaired) electrons. The minimum atomic E-state index is -0.0979. The van der Waals surface area contributed by atoms with Gasteiger partial charge in [0.1, 0.15) is 5.01 Å². The molecule has 0 unspecified atom stereocenters. The highest BCUT2D eigenvalue weighted by Gasteiger charge is 2.20. The van der Waals surface area contributed by atoms with Crippen molar-refractivity contribution in [3.63, 3.8) is 0 Å². The summed E-state index contributed by atoms with van der Waals surface area (Å²) < 4.78 is 0. The minimum Gasteiger partial charge on any atom is -0.365 e. The summed E-state index contributed by atoms with van der Waals surface area (Å²) in [5.41, 5.74) is 0.767. The SMILES string of the molecule is CNc1nc(CC(=O)Nc2nnc(C3CCCCC3)s2)cs1. The predicted molar refractivity (Wildman–Crippen MR) is 89.7 cm³/mol. The lowest BCUT2D eigenvalue weighted by atomic mass is 9.90. The van der Waals surface area contributed by atoms with Crippen LogP contribution in [-0.2, 0) is 11.2 Å². The average Bonchev–Trinajstić information content (AvgIpc) is 3.17. The number of hydrogen-bond donors (Lipinski definition) is 2. The lowest BCUT2D eigenvalue weighted by molar-refractivity contribution is -0.115. The molecule has 0 atom stereocenters.